The van der Waals surface area contributed by atoms with Crippen molar-refractivity contribution >= 4 is 34.1 Å². The third-order valence-electron chi connectivity index (χ3n) is 5.46. The highest BCUT2D eigenvalue weighted by Crippen LogP contribution is 2.39. The van der Waals surface area contributed by atoms with E-state index >= 15 is 0 Å². The summed E-state index contributed by atoms with van der Waals surface area (Å²) in [6.07, 6.45) is 1.40. The first-order valence-corrected chi connectivity index (χ1v) is 11.1. The van der Waals surface area contributed by atoms with Crippen molar-refractivity contribution in [3.63, 3.8) is 0 Å². The van der Waals surface area contributed by atoms with Gasteiger partial charge in [0, 0.05) is 26.0 Å². The molecule has 164 valence electrons. The Bertz CT molecular complexity index is 994. The van der Waals surface area contributed by atoms with E-state index in [0.717, 1.165) is 0 Å². The van der Waals surface area contributed by atoms with E-state index in [1.807, 2.05) is 19.1 Å². The minimum absolute atomic E-state index is 0.0274. The number of aromatic nitrogens is 2. The van der Waals surface area contributed by atoms with Crippen molar-refractivity contribution < 1.29 is 23.9 Å². The van der Waals surface area contributed by atoms with Crippen molar-refractivity contribution in [3.05, 3.63) is 34.8 Å². The number of amides is 2. The third kappa shape index (κ3) is 4.91. The molecule has 3 heterocycles. The summed E-state index contributed by atoms with van der Waals surface area (Å²) in [6.45, 7) is 3.06. The fourth-order valence-corrected chi connectivity index (χ4v) is 4.55. The van der Waals surface area contributed by atoms with Gasteiger partial charge in [-0.1, -0.05) is 23.5 Å². The number of ether oxygens (including phenoxy) is 2. The SMILES string of the molecule is CCOCc1nnc(NC(=O)CN2CC[C@]3(CCC2=O)CC(=O)c2ccccc2O3)s1. The lowest BCUT2D eigenvalue weighted by Gasteiger charge is -2.37. The molecule has 1 aromatic heterocycles. The van der Waals surface area contributed by atoms with Gasteiger partial charge in [-0.05, 0) is 25.5 Å². The van der Waals surface area contributed by atoms with Gasteiger partial charge in [0.2, 0.25) is 16.9 Å². The molecule has 1 saturated heterocycles. The third-order valence-corrected chi connectivity index (χ3v) is 6.27. The van der Waals surface area contributed by atoms with Crippen LogP contribution in [-0.2, 0) is 20.9 Å². The number of benzene rings is 1. The van der Waals surface area contributed by atoms with E-state index in [1.54, 1.807) is 12.1 Å². The predicted octanol–water partition coefficient (Wildman–Crippen LogP) is 2.43. The molecule has 2 aliphatic heterocycles. The molecule has 0 aliphatic carbocycles. The largest absolute Gasteiger partial charge is 0.486 e. The number of hydrogen-bond acceptors (Lipinski definition) is 8. The number of hydrogen-bond donors (Lipinski definition) is 1. The van der Waals surface area contributed by atoms with E-state index < -0.39 is 5.60 Å². The highest BCUT2D eigenvalue weighted by molar-refractivity contribution is 7.15. The van der Waals surface area contributed by atoms with Crippen LogP contribution in [-0.4, -0.2) is 58.0 Å². The number of likely N-dealkylation sites (tertiary alicyclic amines) is 1. The van der Waals surface area contributed by atoms with Gasteiger partial charge in [0.05, 0.1) is 18.5 Å². The number of ketones is 1. The van der Waals surface area contributed by atoms with Crippen molar-refractivity contribution in [2.24, 2.45) is 0 Å². The van der Waals surface area contributed by atoms with Crippen molar-refractivity contribution in [3.8, 4) is 5.75 Å². The second kappa shape index (κ2) is 9.11. The molecule has 1 spiro atoms. The highest BCUT2D eigenvalue weighted by Gasteiger charge is 2.43. The normalized spacial score (nSPS) is 20.9. The number of anilines is 1. The summed E-state index contributed by atoms with van der Waals surface area (Å²) < 4.78 is 11.5. The van der Waals surface area contributed by atoms with Gasteiger partial charge < -0.3 is 14.4 Å². The number of fused-ring (bicyclic) bond motifs is 1. The molecule has 1 aromatic carbocycles. The summed E-state index contributed by atoms with van der Waals surface area (Å²) in [4.78, 5) is 39.2. The highest BCUT2D eigenvalue weighted by atomic mass is 32.1. The van der Waals surface area contributed by atoms with Gasteiger partial charge in [-0.3, -0.25) is 19.7 Å². The number of para-hydroxylation sites is 1. The molecule has 0 saturated carbocycles. The smallest absolute Gasteiger partial charge is 0.245 e. The van der Waals surface area contributed by atoms with Gasteiger partial charge in [0.15, 0.2) is 5.78 Å². The van der Waals surface area contributed by atoms with E-state index in [-0.39, 0.29) is 37.0 Å². The van der Waals surface area contributed by atoms with E-state index in [0.29, 0.717) is 54.1 Å². The molecule has 9 nitrogen and oxygen atoms in total. The second-order valence-electron chi connectivity index (χ2n) is 7.63. The Morgan fingerprint density at radius 2 is 2.13 bits per heavy atom. The average Bonchev–Trinajstić information content (AvgIpc) is 3.15. The minimum Gasteiger partial charge on any atom is -0.486 e. The molecule has 2 aromatic rings. The molecule has 0 radical (unpaired) electrons. The number of carbonyl (C=O) groups is 3. The monoisotopic (exact) mass is 444 g/mol. The van der Waals surface area contributed by atoms with Crippen LogP contribution < -0.4 is 10.1 Å². The number of nitrogens with one attached hydrogen (secondary N) is 1. The lowest BCUT2D eigenvalue weighted by molar-refractivity contribution is -0.134. The van der Waals surface area contributed by atoms with Crippen LogP contribution in [0.2, 0.25) is 0 Å². The first-order valence-electron chi connectivity index (χ1n) is 10.3. The fourth-order valence-electron chi connectivity index (χ4n) is 3.85. The van der Waals surface area contributed by atoms with Crippen LogP contribution in [0.3, 0.4) is 0 Å². The molecule has 4 rings (SSSR count). The second-order valence-corrected chi connectivity index (χ2v) is 8.69. The van der Waals surface area contributed by atoms with Crippen molar-refractivity contribution in [1.29, 1.82) is 0 Å². The molecule has 31 heavy (non-hydrogen) atoms. The van der Waals surface area contributed by atoms with Crippen LogP contribution in [0.4, 0.5) is 5.13 Å². The summed E-state index contributed by atoms with van der Waals surface area (Å²) >= 11 is 1.24. The maximum Gasteiger partial charge on any atom is 0.245 e. The van der Waals surface area contributed by atoms with Gasteiger partial charge in [0.1, 0.15) is 23.0 Å². The topological polar surface area (TPSA) is 111 Å². The Labute approximate surface area is 183 Å². The number of rotatable bonds is 6. The van der Waals surface area contributed by atoms with Gasteiger partial charge in [-0.25, -0.2) is 0 Å². The van der Waals surface area contributed by atoms with E-state index in [2.05, 4.69) is 15.5 Å². The first kappa shape index (κ1) is 21.4. The van der Waals surface area contributed by atoms with Crippen LogP contribution in [0, 0.1) is 0 Å². The Kier molecular flexibility index (Phi) is 6.28. The van der Waals surface area contributed by atoms with Crippen molar-refractivity contribution in [2.45, 2.75) is 44.8 Å². The van der Waals surface area contributed by atoms with E-state index in [1.165, 1.54) is 16.2 Å². The Balaban J connectivity index is 1.37. The lowest BCUT2D eigenvalue weighted by Crippen LogP contribution is -2.43. The zero-order valence-electron chi connectivity index (χ0n) is 17.3. The van der Waals surface area contributed by atoms with Gasteiger partial charge >= 0.3 is 0 Å². The summed E-state index contributed by atoms with van der Waals surface area (Å²) in [5, 5.41) is 11.6. The van der Waals surface area contributed by atoms with Gasteiger partial charge in [0.25, 0.3) is 0 Å². The van der Waals surface area contributed by atoms with Crippen LogP contribution in [0.5, 0.6) is 5.75 Å². The Morgan fingerprint density at radius 1 is 1.29 bits per heavy atom. The zero-order chi connectivity index (χ0) is 21.8. The van der Waals surface area contributed by atoms with Crippen LogP contribution >= 0.6 is 11.3 Å². The molecule has 10 heteroatoms. The molecule has 1 N–H and O–H groups in total. The molecule has 1 atom stereocenters. The molecule has 1 fully saturated rings. The van der Waals surface area contributed by atoms with Crippen molar-refractivity contribution in [1.82, 2.24) is 15.1 Å². The van der Waals surface area contributed by atoms with E-state index in [4.69, 9.17) is 9.47 Å². The minimum atomic E-state index is -0.709. The van der Waals surface area contributed by atoms with E-state index in [9.17, 15) is 14.4 Å². The fraction of sp³-hybridized carbons (Fsp3) is 0.476. The number of Topliss-reactive ketones (excluding diaryl/α,β-unsaturated/α-hetero) is 1. The lowest BCUT2D eigenvalue weighted by atomic mass is 9.84. The van der Waals surface area contributed by atoms with Crippen LogP contribution in [0.1, 0.15) is 48.0 Å². The predicted molar refractivity (Wildman–Crippen MR) is 113 cm³/mol. The van der Waals surface area contributed by atoms with Gasteiger partial charge in [-0.15, -0.1) is 10.2 Å². The molecule has 0 unspecified atom stereocenters. The van der Waals surface area contributed by atoms with Gasteiger partial charge in [-0.2, -0.15) is 0 Å². The van der Waals surface area contributed by atoms with Crippen LogP contribution in [0.25, 0.3) is 0 Å². The molecule has 2 amide bonds. The Hall–Kier alpha value is -2.85. The summed E-state index contributed by atoms with van der Waals surface area (Å²) in [5.41, 5.74) is -0.125. The van der Waals surface area contributed by atoms with Crippen molar-refractivity contribution in [2.75, 3.05) is 25.0 Å². The summed E-state index contributed by atoms with van der Waals surface area (Å²) in [6, 6.07) is 7.19. The Morgan fingerprint density at radius 3 is 2.97 bits per heavy atom. The molecular formula is C21H24N4O5S. The summed E-state index contributed by atoms with van der Waals surface area (Å²) in [5.74, 6) is 0.127. The molecule has 0 bridgehead atoms. The quantitative estimate of drug-likeness (QED) is 0.728. The average molecular weight is 445 g/mol. The zero-order valence-corrected chi connectivity index (χ0v) is 18.1. The standard InChI is InChI=1S/C21H24N4O5S/c1-2-29-13-18-23-24-20(31-18)22-17(27)12-25-10-9-21(8-7-19(25)28)11-15(26)14-5-3-4-6-16(14)30-21/h3-6H,2,7-13H2,1H3,(H,22,24,27)/t21-/m1/s1. The van der Waals surface area contributed by atoms with Crippen LogP contribution in [0.15, 0.2) is 24.3 Å². The molecular weight excluding hydrogens is 420 g/mol. The maximum atomic E-state index is 12.6. The number of carbonyl (C=O) groups excluding carboxylic acids is 3. The number of nitrogens with zero attached hydrogens (tertiary/aromatic N) is 3. The first-order chi connectivity index (χ1) is 15.0. The molecule has 2 aliphatic rings. The maximum absolute atomic E-state index is 12.6. The summed E-state index contributed by atoms with van der Waals surface area (Å²) in [7, 11) is 0.